The van der Waals surface area contributed by atoms with E-state index in [0.29, 0.717) is 5.56 Å². The van der Waals surface area contributed by atoms with Gasteiger partial charge in [-0.3, -0.25) is 9.59 Å². The van der Waals surface area contributed by atoms with Crippen molar-refractivity contribution in [2.45, 2.75) is 13.5 Å². The van der Waals surface area contributed by atoms with E-state index in [2.05, 4.69) is 0 Å². The molecule has 0 radical (unpaired) electrons. The SMILES string of the molecule is Cc1cccn(CC(=O)OCCOc2ccccc2)c1=O. The second-order valence-corrected chi connectivity index (χ2v) is 4.51. The summed E-state index contributed by atoms with van der Waals surface area (Å²) < 4.78 is 11.8. The van der Waals surface area contributed by atoms with Crippen molar-refractivity contribution in [2.24, 2.45) is 0 Å². The number of pyridine rings is 1. The Labute approximate surface area is 122 Å². The highest BCUT2D eigenvalue weighted by molar-refractivity contribution is 5.69. The fourth-order valence-corrected chi connectivity index (χ4v) is 1.80. The lowest BCUT2D eigenvalue weighted by Gasteiger charge is -2.08. The molecule has 0 bridgehead atoms. The van der Waals surface area contributed by atoms with Crippen LogP contribution in [0.5, 0.6) is 5.75 Å². The molecular weight excluding hydrogens is 270 g/mol. The van der Waals surface area contributed by atoms with Gasteiger partial charge in [0.2, 0.25) is 0 Å². The zero-order chi connectivity index (χ0) is 15.1. The maximum Gasteiger partial charge on any atom is 0.326 e. The summed E-state index contributed by atoms with van der Waals surface area (Å²) in [5, 5.41) is 0. The molecule has 5 nitrogen and oxygen atoms in total. The molecule has 1 aromatic carbocycles. The molecule has 0 saturated carbocycles. The minimum Gasteiger partial charge on any atom is -0.490 e. The maximum absolute atomic E-state index is 11.7. The van der Waals surface area contributed by atoms with E-state index in [9.17, 15) is 9.59 Å². The van der Waals surface area contributed by atoms with E-state index in [1.54, 1.807) is 25.3 Å². The van der Waals surface area contributed by atoms with E-state index in [-0.39, 0.29) is 25.3 Å². The zero-order valence-corrected chi connectivity index (χ0v) is 11.8. The van der Waals surface area contributed by atoms with Crippen molar-refractivity contribution in [3.63, 3.8) is 0 Å². The third kappa shape index (κ3) is 4.49. The van der Waals surface area contributed by atoms with Crippen molar-refractivity contribution in [1.82, 2.24) is 4.57 Å². The summed E-state index contributed by atoms with van der Waals surface area (Å²) in [6.07, 6.45) is 1.57. The number of hydrogen-bond acceptors (Lipinski definition) is 4. The number of rotatable bonds is 6. The van der Waals surface area contributed by atoms with Crippen molar-refractivity contribution in [1.29, 1.82) is 0 Å². The van der Waals surface area contributed by atoms with E-state index >= 15 is 0 Å². The molecule has 2 rings (SSSR count). The first-order valence-electron chi connectivity index (χ1n) is 6.66. The molecule has 21 heavy (non-hydrogen) atoms. The molecule has 0 N–H and O–H groups in total. The Morgan fingerprint density at radius 2 is 1.86 bits per heavy atom. The molecule has 0 amide bonds. The standard InChI is InChI=1S/C16H17NO4/c1-13-6-5-9-17(16(13)19)12-15(18)21-11-10-20-14-7-3-2-4-8-14/h2-9H,10-12H2,1H3. The van der Waals surface area contributed by atoms with Gasteiger partial charge in [0, 0.05) is 11.8 Å². The van der Waals surface area contributed by atoms with Crippen LogP contribution >= 0.6 is 0 Å². The zero-order valence-electron chi connectivity index (χ0n) is 11.8. The number of aryl methyl sites for hydroxylation is 1. The van der Waals surface area contributed by atoms with E-state index in [4.69, 9.17) is 9.47 Å². The summed E-state index contributed by atoms with van der Waals surface area (Å²) in [7, 11) is 0. The van der Waals surface area contributed by atoms with Crippen molar-refractivity contribution < 1.29 is 14.3 Å². The fraction of sp³-hybridized carbons (Fsp3) is 0.250. The van der Waals surface area contributed by atoms with E-state index in [0.717, 1.165) is 5.75 Å². The Morgan fingerprint density at radius 3 is 2.62 bits per heavy atom. The lowest BCUT2D eigenvalue weighted by molar-refractivity contribution is -0.145. The molecule has 2 aromatic rings. The van der Waals surface area contributed by atoms with Gasteiger partial charge in [-0.25, -0.2) is 0 Å². The largest absolute Gasteiger partial charge is 0.490 e. The van der Waals surface area contributed by atoms with Gasteiger partial charge in [-0.2, -0.15) is 0 Å². The number of nitrogens with zero attached hydrogens (tertiary/aromatic N) is 1. The lowest BCUT2D eigenvalue weighted by Crippen LogP contribution is -2.26. The van der Waals surface area contributed by atoms with Crippen LogP contribution in [-0.4, -0.2) is 23.8 Å². The Bertz CT molecular complexity index is 649. The van der Waals surface area contributed by atoms with Crippen LogP contribution in [0, 0.1) is 6.92 Å². The molecule has 0 aliphatic carbocycles. The van der Waals surface area contributed by atoms with Crippen LogP contribution in [0.3, 0.4) is 0 Å². The van der Waals surface area contributed by atoms with E-state index in [1.165, 1.54) is 4.57 Å². The fourth-order valence-electron chi connectivity index (χ4n) is 1.80. The summed E-state index contributed by atoms with van der Waals surface area (Å²) >= 11 is 0. The average molecular weight is 287 g/mol. The third-order valence-electron chi connectivity index (χ3n) is 2.87. The molecule has 0 spiro atoms. The minimum absolute atomic E-state index is 0.0914. The first-order chi connectivity index (χ1) is 10.2. The quantitative estimate of drug-likeness (QED) is 0.600. The van der Waals surface area contributed by atoms with Gasteiger partial charge in [0.15, 0.2) is 0 Å². The number of aromatic nitrogens is 1. The van der Waals surface area contributed by atoms with Crippen LogP contribution in [0.15, 0.2) is 53.5 Å². The summed E-state index contributed by atoms with van der Waals surface area (Å²) in [4.78, 5) is 23.4. The molecule has 0 aliphatic rings. The lowest BCUT2D eigenvalue weighted by atomic mass is 10.3. The molecular formula is C16H17NO4. The molecule has 110 valence electrons. The van der Waals surface area contributed by atoms with Gasteiger partial charge < -0.3 is 14.0 Å². The van der Waals surface area contributed by atoms with Crippen molar-refractivity contribution in [2.75, 3.05) is 13.2 Å². The first kappa shape index (κ1) is 14.8. The molecule has 0 saturated heterocycles. The molecule has 0 atom stereocenters. The van der Waals surface area contributed by atoms with Crippen LogP contribution in [0.2, 0.25) is 0 Å². The summed E-state index contributed by atoms with van der Waals surface area (Å²) in [5.41, 5.74) is 0.410. The number of esters is 1. The molecule has 0 fully saturated rings. The van der Waals surface area contributed by atoms with Gasteiger partial charge in [0.25, 0.3) is 5.56 Å². The van der Waals surface area contributed by atoms with Crippen LogP contribution in [0.25, 0.3) is 0 Å². The van der Waals surface area contributed by atoms with Gasteiger partial charge in [0.05, 0.1) is 0 Å². The second kappa shape index (κ2) is 7.28. The second-order valence-electron chi connectivity index (χ2n) is 4.51. The number of benzene rings is 1. The molecule has 1 heterocycles. The van der Waals surface area contributed by atoms with E-state index in [1.807, 2.05) is 30.3 Å². The molecule has 5 heteroatoms. The molecule has 0 aliphatic heterocycles. The molecule has 0 unspecified atom stereocenters. The highest BCUT2D eigenvalue weighted by Gasteiger charge is 2.06. The maximum atomic E-state index is 11.7. The van der Waals surface area contributed by atoms with Crippen LogP contribution in [0.4, 0.5) is 0 Å². The monoisotopic (exact) mass is 287 g/mol. The average Bonchev–Trinajstić information content (AvgIpc) is 2.49. The van der Waals surface area contributed by atoms with Gasteiger partial charge in [-0.15, -0.1) is 0 Å². The van der Waals surface area contributed by atoms with Gasteiger partial charge in [-0.05, 0) is 25.1 Å². The number of ether oxygens (including phenoxy) is 2. The number of para-hydroxylation sites is 1. The van der Waals surface area contributed by atoms with Crippen LogP contribution in [0.1, 0.15) is 5.56 Å². The number of carbonyl (C=O) groups excluding carboxylic acids is 1. The van der Waals surface area contributed by atoms with Gasteiger partial charge >= 0.3 is 5.97 Å². The van der Waals surface area contributed by atoms with E-state index < -0.39 is 5.97 Å². The van der Waals surface area contributed by atoms with Crippen LogP contribution in [-0.2, 0) is 16.1 Å². The molecule has 1 aromatic heterocycles. The predicted octanol–water partition coefficient (Wildman–Crippen LogP) is 1.78. The highest BCUT2D eigenvalue weighted by Crippen LogP contribution is 2.07. The van der Waals surface area contributed by atoms with Crippen LogP contribution < -0.4 is 10.3 Å². The summed E-state index contributed by atoms with van der Waals surface area (Å²) in [6.45, 7) is 2.04. The summed E-state index contributed by atoms with van der Waals surface area (Å²) in [6, 6.07) is 12.7. The Hall–Kier alpha value is -2.56. The number of hydrogen-bond donors (Lipinski definition) is 0. The first-order valence-corrected chi connectivity index (χ1v) is 6.66. The van der Waals surface area contributed by atoms with Crippen molar-refractivity contribution in [3.8, 4) is 5.75 Å². The summed E-state index contributed by atoms with van der Waals surface area (Å²) in [5.74, 6) is 0.266. The highest BCUT2D eigenvalue weighted by atomic mass is 16.6. The smallest absolute Gasteiger partial charge is 0.326 e. The normalized spacial score (nSPS) is 10.1. The Morgan fingerprint density at radius 1 is 1.10 bits per heavy atom. The van der Waals surface area contributed by atoms with Gasteiger partial charge in [-0.1, -0.05) is 24.3 Å². The minimum atomic E-state index is -0.459. The number of carbonyl (C=O) groups is 1. The topological polar surface area (TPSA) is 57.5 Å². The Balaban J connectivity index is 1.75. The van der Waals surface area contributed by atoms with Gasteiger partial charge in [0.1, 0.15) is 25.5 Å². The van der Waals surface area contributed by atoms with Crippen molar-refractivity contribution in [3.05, 3.63) is 64.6 Å². The Kier molecular flexibility index (Phi) is 5.15. The predicted molar refractivity (Wildman–Crippen MR) is 78.3 cm³/mol. The third-order valence-corrected chi connectivity index (χ3v) is 2.87. The van der Waals surface area contributed by atoms with Crippen molar-refractivity contribution >= 4 is 5.97 Å².